The maximum atomic E-state index is 6.10. The minimum atomic E-state index is 0.308. The number of aromatic amines is 1. The van der Waals surface area contributed by atoms with Gasteiger partial charge in [-0.05, 0) is 75.7 Å². The number of rotatable bonds is 8. The molecule has 0 radical (unpaired) electrons. The predicted molar refractivity (Wildman–Crippen MR) is 135 cm³/mol. The number of halogens is 3. The number of nitrogens with zero attached hydrogens (tertiary/aromatic N) is 3. The van der Waals surface area contributed by atoms with Crippen LogP contribution in [0.2, 0.25) is 10.0 Å². The molecular weight excluding hydrogens is 549 g/mol. The van der Waals surface area contributed by atoms with Gasteiger partial charge in [-0.3, -0.25) is 4.98 Å². The monoisotopic (exact) mass is 565 g/mol. The molecule has 4 rings (SSSR count). The van der Waals surface area contributed by atoms with Crippen LogP contribution in [0.25, 0.3) is 11.4 Å². The zero-order chi connectivity index (χ0) is 23.4. The Labute approximate surface area is 213 Å². The Morgan fingerprint density at radius 2 is 1.88 bits per heavy atom. The van der Waals surface area contributed by atoms with Crippen LogP contribution in [0.3, 0.4) is 0 Å². The van der Waals surface area contributed by atoms with Crippen LogP contribution in [-0.4, -0.2) is 27.0 Å². The van der Waals surface area contributed by atoms with Crippen LogP contribution in [0, 0.1) is 4.77 Å². The summed E-state index contributed by atoms with van der Waals surface area (Å²) in [5.41, 5.74) is 6.02. The molecule has 0 aliphatic heterocycles. The highest BCUT2D eigenvalue weighted by atomic mass is 79.9. The highest BCUT2D eigenvalue weighted by Crippen LogP contribution is 2.37. The third-order valence-corrected chi connectivity index (χ3v) is 6.31. The van der Waals surface area contributed by atoms with E-state index in [9.17, 15) is 0 Å². The average molecular weight is 567 g/mol. The number of aromatic nitrogens is 4. The second-order valence-electron chi connectivity index (χ2n) is 6.90. The van der Waals surface area contributed by atoms with Crippen LogP contribution >= 0.6 is 51.3 Å². The number of methoxy groups -OCH3 is 1. The third-order valence-electron chi connectivity index (χ3n) is 4.71. The summed E-state index contributed by atoms with van der Waals surface area (Å²) in [5.74, 6) is 1.84. The van der Waals surface area contributed by atoms with E-state index in [0.29, 0.717) is 45.3 Å². The maximum Gasteiger partial charge on any atom is 0.214 e. The van der Waals surface area contributed by atoms with Crippen molar-refractivity contribution in [1.82, 2.24) is 19.9 Å². The normalized spacial score (nSPS) is 10.8. The number of pyridine rings is 1. The van der Waals surface area contributed by atoms with Crippen molar-refractivity contribution >= 4 is 51.3 Å². The van der Waals surface area contributed by atoms with Gasteiger partial charge in [0, 0.05) is 18.0 Å². The van der Waals surface area contributed by atoms with Crippen molar-refractivity contribution in [2.45, 2.75) is 13.2 Å². The number of benzene rings is 2. The standard InChI is InChI=1S/C22H18BrCl2N5O2S/c1-31-19-10-14(8-16(23)20(19)32-12-13-2-3-17(24)18(25)9-13)11-27-30-21(28-29-22(30)33)15-4-6-26-7-5-15/h2-10,27H,11-12H2,1H3,(H,29,33). The van der Waals surface area contributed by atoms with E-state index in [2.05, 4.69) is 36.5 Å². The first kappa shape index (κ1) is 23.6. The molecule has 0 spiro atoms. The summed E-state index contributed by atoms with van der Waals surface area (Å²) >= 11 is 21.0. The predicted octanol–water partition coefficient (Wildman–Crippen LogP) is 6.40. The number of nitrogens with one attached hydrogen (secondary N) is 2. The highest BCUT2D eigenvalue weighted by Gasteiger charge is 2.14. The molecule has 0 atom stereocenters. The molecular formula is C22H18BrCl2N5O2S. The van der Waals surface area contributed by atoms with Gasteiger partial charge in [0.15, 0.2) is 17.3 Å². The first-order chi connectivity index (χ1) is 16.0. The van der Waals surface area contributed by atoms with Gasteiger partial charge in [0.25, 0.3) is 0 Å². The largest absolute Gasteiger partial charge is 0.493 e. The minimum Gasteiger partial charge on any atom is -0.493 e. The van der Waals surface area contributed by atoms with E-state index < -0.39 is 0 Å². The quantitative estimate of drug-likeness (QED) is 0.240. The topological polar surface area (TPSA) is 77.0 Å². The molecule has 0 aliphatic carbocycles. The first-order valence-electron chi connectivity index (χ1n) is 9.71. The summed E-state index contributed by atoms with van der Waals surface area (Å²) in [6, 6.07) is 13.0. The van der Waals surface area contributed by atoms with E-state index in [-0.39, 0.29) is 0 Å². The first-order valence-corrected chi connectivity index (χ1v) is 11.7. The van der Waals surface area contributed by atoms with Crippen molar-refractivity contribution < 1.29 is 9.47 Å². The van der Waals surface area contributed by atoms with Crippen LogP contribution in [-0.2, 0) is 13.2 Å². The Kier molecular flexibility index (Phi) is 7.54. The Bertz CT molecular complexity index is 1330. The molecule has 0 saturated heterocycles. The molecule has 2 aromatic heterocycles. The lowest BCUT2D eigenvalue weighted by Crippen LogP contribution is -2.16. The second kappa shape index (κ2) is 10.6. The van der Waals surface area contributed by atoms with E-state index in [1.54, 1.807) is 36.3 Å². The maximum absolute atomic E-state index is 6.10. The third kappa shape index (κ3) is 5.50. The van der Waals surface area contributed by atoms with Crippen molar-refractivity contribution in [1.29, 1.82) is 0 Å². The van der Waals surface area contributed by atoms with Crippen molar-refractivity contribution in [3.05, 3.63) is 85.3 Å². The molecule has 11 heteroatoms. The number of ether oxygens (including phenoxy) is 2. The molecule has 2 aromatic carbocycles. The molecule has 7 nitrogen and oxygen atoms in total. The Balaban J connectivity index is 1.51. The SMILES string of the molecule is COc1cc(CNn2c(-c3ccncc3)n[nH]c2=S)cc(Br)c1OCc1ccc(Cl)c(Cl)c1. The van der Waals surface area contributed by atoms with Gasteiger partial charge in [-0.15, -0.1) is 0 Å². The highest BCUT2D eigenvalue weighted by molar-refractivity contribution is 9.10. The fourth-order valence-corrected chi connectivity index (χ4v) is 4.23. The summed E-state index contributed by atoms with van der Waals surface area (Å²) in [6.45, 7) is 0.775. The zero-order valence-corrected chi connectivity index (χ0v) is 21.2. The summed E-state index contributed by atoms with van der Waals surface area (Å²) in [4.78, 5) is 4.04. The number of H-pyrrole nitrogens is 1. The molecule has 170 valence electrons. The molecule has 0 amide bonds. The molecule has 2 N–H and O–H groups in total. The van der Waals surface area contributed by atoms with Crippen LogP contribution in [0.1, 0.15) is 11.1 Å². The molecule has 0 aliphatic rings. The number of hydrogen-bond donors (Lipinski definition) is 2. The van der Waals surface area contributed by atoms with E-state index in [4.69, 9.17) is 44.9 Å². The fraction of sp³-hybridized carbons (Fsp3) is 0.136. The van der Waals surface area contributed by atoms with Gasteiger partial charge in [-0.1, -0.05) is 29.3 Å². The second-order valence-corrected chi connectivity index (χ2v) is 8.96. The van der Waals surface area contributed by atoms with E-state index in [1.165, 1.54) is 0 Å². The lowest BCUT2D eigenvalue weighted by molar-refractivity contribution is 0.282. The molecule has 0 fully saturated rings. The van der Waals surface area contributed by atoms with Gasteiger partial charge in [0.2, 0.25) is 4.77 Å². The smallest absolute Gasteiger partial charge is 0.214 e. The molecule has 0 unspecified atom stereocenters. The Morgan fingerprint density at radius 3 is 2.61 bits per heavy atom. The van der Waals surface area contributed by atoms with Gasteiger partial charge in [-0.25, -0.2) is 9.77 Å². The van der Waals surface area contributed by atoms with Crippen molar-refractivity contribution in [3.63, 3.8) is 0 Å². The van der Waals surface area contributed by atoms with E-state index >= 15 is 0 Å². The summed E-state index contributed by atoms with van der Waals surface area (Å²) < 4.78 is 14.5. The van der Waals surface area contributed by atoms with E-state index in [1.807, 2.05) is 30.3 Å². The van der Waals surface area contributed by atoms with Crippen LogP contribution in [0.15, 0.2) is 59.3 Å². The van der Waals surface area contributed by atoms with Crippen molar-refractivity contribution in [2.24, 2.45) is 0 Å². The lowest BCUT2D eigenvalue weighted by atomic mass is 10.2. The van der Waals surface area contributed by atoms with Gasteiger partial charge < -0.3 is 14.9 Å². The average Bonchev–Trinajstić information content (AvgIpc) is 3.19. The van der Waals surface area contributed by atoms with Crippen molar-refractivity contribution in [2.75, 3.05) is 12.5 Å². The van der Waals surface area contributed by atoms with E-state index in [0.717, 1.165) is 21.2 Å². The Morgan fingerprint density at radius 1 is 1.09 bits per heavy atom. The fourth-order valence-electron chi connectivity index (χ4n) is 3.11. The zero-order valence-electron chi connectivity index (χ0n) is 17.3. The molecule has 33 heavy (non-hydrogen) atoms. The summed E-state index contributed by atoms with van der Waals surface area (Å²) in [5, 5.41) is 8.11. The van der Waals surface area contributed by atoms with Gasteiger partial charge in [0.1, 0.15) is 6.61 Å². The van der Waals surface area contributed by atoms with Crippen molar-refractivity contribution in [3.8, 4) is 22.9 Å². The van der Waals surface area contributed by atoms with Gasteiger partial charge in [-0.2, -0.15) is 5.10 Å². The Hall–Kier alpha value is -2.59. The van der Waals surface area contributed by atoms with Crippen LogP contribution in [0.5, 0.6) is 11.5 Å². The number of hydrogen-bond acceptors (Lipinski definition) is 6. The van der Waals surface area contributed by atoms with Gasteiger partial charge in [0.05, 0.1) is 28.2 Å². The molecule has 0 saturated carbocycles. The van der Waals surface area contributed by atoms with Gasteiger partial charge >= 0.3 is 0 Å². The van der Waals surface area contributed by atoms with Crippen LogP contribution < -0.4 is 14.9 Å². The molecule has 2 heterocycles. The summed E-state index contributed by atoms with van der Waals surface area (Å²) in [7, 11) is 1.60. The molecule has 0 bridgehead atoms. The summed E-state index contributed by atoms with van der Waals surface area (Å²) in [6.07, 6.45) is 3.41. The molecule has 4 aromatic rings. The lowest BCUT2D eigenvalue weighted by Gasteiger charge is -2.16. The van der Waals surface area contributed by atoms with Crippen LogP contribution in [0.4, 0.5) is 0 Å². The minimum absolute atomic E-state index is 0.308.